The predicted molar refractivity (Wildman–Crippen MR) is 73.8 cm³/mol. The van der Waals surface area contributed by atoms with Crippen LogP contribution in [-0.2, 0) is 21.9 Å². The van der Waals surface area contributed by atoms with Crippen molar-refractivity contribution in [2.45, 2.75) is 25.7 Å². The molecule has 0 saturated heterocycles. The van der Waals surface area contributed by atoms with E-state index in [2.05, 4.69) is 15.4 Å². The maximum atomic E-state index is 11.9. The van der Waals surface area contributed by atoms with Crippen molar-refractivity contribution in [2.75, 3.05) is 0 Å². The van der Waals surface area contributed by atoms with Crippen LogP contribution in [0.2, 0.25) is 0 Å². The van der Waals surface area contributed by atoms with Gasteiger partial charge in [0.25, 0.3) is 10.0 Å². The van der Waals surface area contributed by atoms with E-state index in [4.69, 9.17) is 0 Å². The van der Waals surface area contributed by atoms with Crippen molar-refractivity contribution in [1.29, 1.82) is 0 Å². The van der Waals surface area contributed by atoms with Crippen molar-refractivity contribution in [3.8, 4) is 0 Å². The Bertz CT molecular complexity index is 559. The summed E-state index contributed by atoms with van der Waals surface area (Å²) in [5, 5.41) is 3.84. The van der Waals surface area contributed by atoms with Gasteiger partial charge in [-0.25, -0.2) is 8.42 Å². The molecule has 0 aliphatic carbocycles. The van der Waals surface area contributed by atoms with Gasteiger partial charge in [0.05, 0.1) is 6.20 Å². The van der Waals surface area contributed by atoms with Crippen LogP contribution in [-0.4, -0.2) is 24.1 Å². The molecule has 2 N–H and O–H groups in total. The molecule has 0 unspecified atom stereocenters. The van der Waals surface area contributed by atoms with Crippen molar-refractivity contribution in [1.82, 2.24) is 20.0 Å². The topological polar surface area (TPSA) is 93.1 Å². The van der Waals surface area contributed by atoms with E-state index in [1.54, 1.807) is 27.8 Å². The zero-order valence-corrected chi connectivity index (χ0v) is 13.5. The van der Waals surface area contributed by atoms with Crippen LogP contribution in [0.4, 0.5) is 0 Å². The number of nitrogens with zero attached hydrogens (tertiary/aromatic N) is 2. The molecule has 18 heavy (non-hydrogen) atoms. The zero-order chi connectivity index (χ0) is 14.1. The Kier molecular flexibility index (Phi) is 4.38. The molecule has 0 saturated carbocycles. The first-order valence-electron chi connectivity index (χ1n) is 5.05. The normalized spacial score (nSPS) is 12.5. The maximum absolute atomic E-state index is 11.9. The second-order valence-corrected chi connectivity index (χ2v) is 7.41. The lowest BCUT2D eigenvalue weighted by atomic mass is 9.96. The highest BCUT2D eigenvalue weighted by Gasteiger charge is 2.25. The van der Waals surface area contributed by atoms with E-state index in [1.165, 1.54) is 10.9 Å². The lowest BCUT2D eigenvalue weighted by molar-refractivity contribution is -0.129. The van der Waals surface area contributed by atoms with Crippen LogP contribution in [0.15, 0.2) is 11.1 Å². The number of aryl methyl sites for hydroxylation is 1. The monoisotopic (exact) mass is 386 g/mol. The van der Waals surface area contributed by atoms with Gasteiger partial charge in [0.1, 0.15) is 8.60 Å². The molecule has 0 atom stereocenters. The molecule has 7 nitrogen and oxygen atoms in total. The van der Waals surface area contributed by atoms with Gasteiger partial charge in [0.2, 0.25) is 5.91 Å². The van der Waals surface area contributed by atoms with Gasteiger partial charge in [0, 0.05) is 12.5 Å². The Morgan fingerprint density at radius 1 is 1.44 bits per heavy atom. The fourth-order valence-electron chi connectivity index (χ4n) is 0.939. The number of sulfonamides is 1. The highest BCUT2D eigenvalue weighted by molar-refractivity contribution is 14.1. The Morgan fingerprint density at radius 2 is 2.00 bits per heavy atom. The van der Waals surface area contributed by atoms with Crippen molar-refractivity contribution >= 4 is 38.5 Å². The number of rotatable bonds is 3. The van der Waals surface area contributed by atoms with E-state index in [0.29, 0.717) is 3.70 Å². The molecule has 0 aromatic carbocycles. The van der Waals surface area contributed by atoms with Crippen LogP contribution in [0.1, 0.15) is 20.8 Å². The van der Waals surface area contributed by atoms with Crippen LogP contribution >= 0.6 is 22.6 Å². The van der Waals surface area contributed by atoms with Crippen LogP contribution in [0.5, 0.6) is 0 Å². The Balaban J connectivity index is 2.85. The molecule has 0 spiro atoms. The summed E-state index contributed by atoms with van der Waals surface area (Å²) in [5.41, 5.74) is 1.50. The van der Waals surface area contributed by atoms with Gasteiger partial charge in [-0.2, -0.15) is 5.10 Å². The second kappa shape index (κ2) is 5.13. The molecule has 1 rings (SSSR count). The summed E-state index contributed by atoms with van der Waals surface area (Å²) in [5.74, 6) is -0.412. The van der Waals surface area contributed by atoms with Crippen LogP contribution < -0.4 is 10.3 Å². The summed E-state index contributed by atoms with van der Waals surface area (Å²) in [6, 6.07) is 0. The minimum atomic E-state index is -3.80. The number of halogens is 1. The second-order valence-electron chi connectivity index (χ2n) is 4.73. The summed E-state index contributed by atoms with van der Waals surface area (Å²) in [6.45, 7) is 5.05. The van der Waals surface area contributed by atoms with Gasteiger partial charge in [-0.05, 0) is 22.6 Å². The van der Waals surface area contributed by atoms with Gasteiger partial charge < -0.3 is 0 Å². The van der Waals surface area contributed by atoms with Crippen LogP contribution in [0.25, 0.3) is 0 Å². The zero-order valence-electron chi connectivity index (χ0n) is 10.5. The Labute approximate surface area is 119 Å². The predicted octanol–water partition coefficient (Wildman–Crippen LogP) is 0.380. The van der Waals surface area contributed by atoms with E-state index in [9.17, 15) is 13.2 Å². The van der Waals surface area contributed by atoms with E-state index in [1.807, 2.05) is 22.6 Å². The van der Waals surface area contributed by atoms with Crippen molar-refractivity contribution in [3.05, 3.63) is 9.90 Å². The molecule has 0 aliphatic heterocycles. The van der Waals surface area contributed by atoms with Gasteiger partial charge >= 0.3 is 0 Å². The number of hydrazine groups is 1. The summed E-state index contributed by atoms with van der Waals surface area (Å²) < 4.78 is 25.7. The number of aromatic nitrogens is 2. The quantitative estimate of drug-likeness (QED) is 0.580. The third-order valence-corrected chi connectivity index (χ3v) is 5.00. The Hall–Kier alpha value is -0.680. The summed E-state index contributed by atoms with van der Waals surface area (Å²) in [7, 11) is -2.16. The molecule has 0 bridgehead atoms. The molecule has 1 aromatic rings. The summed E-state index contributed by atoms with van der Waals surface area (Å²) in [4.78, 5) is 13.6. The minimum Gasteiger partial charge on any atom is -0.277 e. The lowest BCUT2D eigenvalue weighted by Gasteiger charge is -2.17. The molecule has 1 heterocycles. The molecule has 1 aromatic heterocycles. The first-order chi connectivity index (χ1) is 8.05. The fraction of sp³-hybridized carbons (Fsp3) is 0.556. The average Bonchev–Trinajstić information content (AvgIpc) is 2.55. The standard InChI is InChI=1S/C9H15IN4O3S/c1-9(2,3)8(15)12-13-18(16,17)6-5-11-14(4)7(6)10/h5,13H,1-4H3,(H,12,15). The number of carbonyl (C=O) groups is 1. The summed E-state index contributed by atoms with van der Waals surface area (Å²) in [6.07, 6.45) is 1.23. The number of hydrogen-bond donors (Lipinski definition) is 2. The Morgan fingerprint density at radius 3 is 2.39 bits per heavy atom. The fourth-order valence-corrected chi connectivity index (χ4v) is 2.95. The van der Waals surface area contributed by atoms with Gasteiger partial charge in [-0.15, -0.1) is 4.83 Å². The third kappa shape index (κ3) is 3.42. The van der Waals surface area contributed by atoms with Gasteiger partial charge in [0.15, 0.2) is 0 Å². The highest BCUT2D eigenvalue weighted by Crippen LogP contribution is 2.16. The lowest BCUT2D eigenvalue weighted by Crippen LogP contribution is -2.46. The van der Waals surface area contributed by atoms with Crippen molar-refractivity contribution in [3.63, 3.8) is 0 Å². The first-order valence-corrected chi connectivity index (χ1v) is 7.61. The van der Waals surface area contributed by atoms with Crippen molar-refractivity contribution in [2.24, 2.45) is 12.5 Å². The number of nitrogens with one attached hydrogen (secondary N) is 2. The molecule has 1 amide bonds. The van der Waals surface area contributed by atoms with E-state index in [-0.39, 0.29) is 4.90 Å². The first kappa shape index (κ1) is 15.4. The molecular formula is C9H15IN4O3S. The minimum absolute atomic E-state index is 0.0276. The third-order valence-electron chi connectivity index (χ3n) is 2.11. The van der Waals surface area contributed by atoms with E-state index >= 15 is 0 Å². The largest absolute Gasteiger partial charge is 0.277 e. The number of hydrogen-bond acceptors (Lipinski definition) is 4. The smallest absolute Gasteiger partial charge is 0.261 e. The SMILES string of the molecule is Cn1ncc(S(=O)(=O)NNC(=O)C(C)(C)C)c1I. The van der Waals surface area contributed by atoms with Crippen LogP contribution in [0, 0.1) is 9.12 Å². The molecule has 102 valence electrons. The maximum Gasteiger partial charge on any atom is 0.261 e. The van der Waals surface area contributed by atoms with Crippen molar-refractivity contribution < 1.29 is 13.2 Å². The van der Waals surface area contributed by atoms with Gasteiger partial charge in [-0.3, -0.25) is 14.9 Å². The highest BCUT2D eigenvalue weighted by atomic mass is 127. The number of carbonyl (C=O) groups excluding carboxylic acids is 1. The van der Waals surface area contributed by atoms with Gasteiger partial charge in [-0.1, -0.05) is 20.8 Å². The average molecular weight is 386 g/mol. The molecule has 0 radical (unpaired) electrons. The molecule has 9 heteroatoms. The van der Waals surface area contributed by atoms with E-state index in [0.717, 1.165) is 0 Å². The molecule has 0 aliphatic rings. The molecule has 0 fully saturated rings. The molecular weight excluding hydrogens is 371 g/mol. The number of amides is 1. The van der Waals surface area contributed by atoms with E-state index < -0.39 is 21.3 Å². The van der Waals surface area contributed by atoms with Crippen LogP contribution in [0.3, 0.4) is 0 Å². The summed E-state index contributed by atoms with van der Waals surface area (Å²) >= 11 is 1.87.